The SMILES string of the molecule is Cc1ccc2c(N)c(C(=O)N(C)CC3CC3)sc2c1. The summed E-state index contributed by atoms with van der Waals surface area (Å²) in [4.78, 5) is 14.9. The number of nitrogens with zero attached hydrogens (tertiary/aromatic N) is 1. The van der Waals surface area contributed by atoms with Crippen LogP contribution in [0.15, 0.2) is 18.2 Å². The zero-order valence-electron chi connectivity index (χ0n) is 11.3. The molecule has 0 spiro atoms. The molecule has 3 rings (SSSR count). The highest BCUT2D eigenvalue weighted by Gasteiger charge is 2.27. The largest absolute Gasteiger partial charge is 0.397 e. The number of anilines is 1. The standard InChI is InChI=1S/C15H18N2OS/c1-9-3-6-11-12(7-9)19-14(13(11)16)15(18)17(2)8-10-4-5-10/h3,6-7,10H,4-5,8,16H2,1-2H3. The first kappa shape index (κ1) is 12.5. The Kier molecular flexibility index (Phi) is 2.97. The maximum Gasteiger partial charge on any atom is 0.265 e. The van der Waals surface area contributed by atoms with E-state index in [-0.39, 0.29) is 5.91 Å². The second kappa shape index (κ2) is 4.53. The molecule has 1 aromatic carbocycles. The van der Waals surface area contributed by atoms with Gasteiger partial charge in [-0.05, 0) is 37.3 Å². The molecular weight excluding hydrogens is 256 g/mol. The van der Waals surface area contributed by atoms with Crippen molar-refractivity contribution in [3.63, 3.8) is 0 Å². The van der Waals surface area contributed by atoms with Gasteiger partial charge in [-0.1, -0.05) is 12.1 Å². The molecule has 1 aliphatic rings. The van der Waals surface area contributed by atoms with Crippen LogP contribution in [0.4, 0.5) is 5.69 Å². The Morgan fingerprint density at radius 2 is 2.21 bits per heavy atom. The predicted octanol–water partition coefficient (Wildman–Crippen LogP) is 3.27. The lowest BCUT2D eigenvalue weighted by atomic mass is 10.1. The zero-order chi connectivity index (χ0) is 13.6. The van der Waals surface area contributed by atoms with Crippen LogP contribution in [0.5, 0.6) is 0 Å². The number of carbonyl (C=O) groups is 1. The van der Waals surface area contributed by atoms with Crippen molar-refractivity contribution in [1.29, 1.82) is 0 Å². The lowest BCUT2D eigenvalue weighted by molar-refractivity contribution is 0.0794. The van der Waals surface area contributed by atoms with E-state index in [1.165, 1.54) is 29.7 Å². The molecule has 1 saturated carbocycles. The van der Waals surface area contributed by atoms with E-state index in [4.69, 9.17) is 5.73 Å². The van der Waals surface area contributed by atoms with Crippen LogP contribution in [0.25, 0.3) is 10.1 Å². The number of hydrogen-bond donors (Lipinski definition) is 1. The van der Waals surface area contributed by atoms with Gasteiger partial charge < -0.3 is 10.6 Å². The third-order valence-corrected chi connectivity index (χ3v) is 4.81. The third kappa shape index (κ3) is 2.32. The number of benzene rings is 1. The van der Waals surface area contributed by atoms with Gasteiger partial charge in [0.2, 0.25) is 0 Å². The lowest BCUT2D eigenvalue weighted by Crippen LogP contribution is -2.28. The fourth-order valence-electron chi connectivity index (χ4n) is 2.33. The molecule has 1 aromatic heterocycles. The average molecular weight is 274 g/mol. The highest BCUT2D eigenvalue weighted by molar-refractivity contribution is 7.21. The summed E-state index contributed by atoms with van der Waals surface area (Å²) in [6, 6.07) is 6.13. The molecule has 0 unspecified atom stereocenters. The number of fused-ring (bicyclic) bond motifs is 1. The number of nitrogen functional groups attached to an aromatic ring is 1. The maximum absolute atomic E-state index is 12.4. The van der Waals surface area contributed by atoms with Crippen LogP contribution in [0, 0.1) is 12.8 Å². The number of thiophene rings is 1. The Bertz CT molecular complexity index is 643. The summed E-state index contributed by atoms with van der Waals surface area (Å²) in [6.07, 6.45) is 2.50. The summed E-state index contributed by atoms with van der Waals surface area (Å²) in [5.41, 5.74) is 7.96. The van der Waals surface area contributed by atoms with Crippen molar-refractivity contribution in [3.8, 4) is 0 Å². The molecule has 1 aliphatic carbocycles. The van der Waals surface area contributed by atoms with E-state index >= 15 is 0 Å². The summed E-state index contributed by atoms with van der Waals surface area (Å²) in [5, 5.41) is 0.999. The Labute approximate surface area is 117 Å². The highest BCUT2D eigenvalue weighted by atomic mass is 32.1. The minimum Gasteiger partial charge on any atom is -0.397 e. The smallest absolute Gasteiger partial charge is 0.265 e. The second-order valence-corrected chi connectivity index (χ2v) is 6.53. The van der Waals surface area contributed by atoms with Crippen molar-refractivity contribution in [2.75, 3.05) is 19.3 Å². The van der Waals surface area contributed by atoms with Crippen molar-refractivity contribution in [1.82, 2.24) is 4.90 Å². The van der Waals surface area contributed by atoms with Gasteiger partial charge >= 0.3 is 0 Å². The van der Waals surface area contributed by atoms with E-state index in [0.29, 0.717) is 16.5 Å². The van der Waals surface area contributed by atoms with E-state index in [9.17, 15) is 4.79 Å². The van der Waals surface area contributed by atoms with Gasteiger partial charge in [-0.15, -0.1) is 11.3 Å². The molecule has 0 atom stereocenters. The lowest BCUT2D eigenvalue weighted by Gasteiger charge is -2.15. The Morgan fingerprint density at radius 1 is 1.47 bits per heavy atom. The van der Waals surface area contributed by atoms with Gasteiger partial charge in [0, 0.05) is 23.7 Å². The first-order chi connectivity index (χ1) is 9.06. The van der Waals surface area contributed by atoms with Gasteiger partial charge in [0.15, 0.2) is 0 Å². The molecule has 2 aromatic rings. The van der Waals surface area contributed by atoms with E-state index in [1.54, 1.807) is 0 Å². The van der Waals surface area contributed by atoms with E-state index < -0.39 is 0 Å². The summed E-state index contributed by atoms with van der Waals surface area (Å²) in [5.74, 6) is 0.759. The minimum atomic E-state index is 0.0586. The first-order valence-electron chi connectivity index (χ1n) is 6.60. The molecule has 19 heavy (non-hydrogen) atoms. The molecule has 0 radical (unpaired) electrons. The van der Waals surface area contributed by atoms with Crippen LogP contribution in [-0.2, 0) is 0 Å². The van der Waals surface area contributed by atoms with Crippen molar-refractivity contribution < 1.29 is 4.79 Å². The van der Waals surface area contributed by atoms with Crippen molar-refractivity contribution in [2.24, 2.45) is 5.92 Å². The number of nitrogens with two attached hydrogens (primary N) is 1. The fourth-order valence-corrected chi connectivity index (χ4v) is 3.54. The quantitative estimate of drug-likeness (QED) is 0.933. The first-order valence-corrected chi connectivity index (χ1v) is 7.42. The highest BCUT2D eigenvalue weighted by Crippen LogP contribution is 2.36. The molecule has 2 N–H and O–H groups in total. The number of rotatable bonds is 3. The van der Waals surface area contributed by atoms with Crippen LogP contribution in [0.1, 0.15) is 28.1 Å². The van der Waals surface area contributed by atoms with E-state index in [2.05, 4.69) is 13.0 Å². The van der Waals surface area contributed by atoms with Crippen molar-refractivity contribution in [3.05, 3.63) is 28.6 Å². The van der Waals surface area contributed by atoms with Crippen LogP contribution < -0.4 is 5.73 Å². The monoisotopic (exact) mass is 274 g/mol. The van der Waals surface area contributed by atoms with Crippen LogP contribution in [0.2, 0.25) is 0 Å². The Morgan fingerprint density at radius 3 is 2.89 bits per heavy atom. The van der Waals surface area contributed by atoms with Crippen molar-refractivity contribution in [2.45, 2.75) is 19.8 Å². The van der Waals surface area contributed by atoms with Gasteiger partial charge in [-0.2, -0.15) is 0 Å². The summed E-state index contributed by atoms with van der Waals surface area (Å²) in [7, 11) is 1.87. The molecule has 4 heteroatoms. The van der Waals surface area contributed by atoms with Crippen LogP contribution in [0.3, 0.4) is 0 Å². The molecule has 0 saturated heterocycles. The van der Waals surface area contributed by atoms with Gasteiger partial charge in [-0.3, -0.25) is 4.79 Å². The average Bonchev–Trinajstić information content (AvgIpc) is 3.12. The number of hydrogen-bond acceptors (Lipinski definition) is 3. The Hall–Kier alpha value is -1.55. The molecule has 100 valence electrons. The molecule has 1 fully saturated rings. The van der Waals surface area contributed by atoms with E-state index in [1.807, 2.05) is 24.1 Å². The molecule has 1 heterocycles. The minimum absolute atomic E-state index is 0.0586. The van der Waals surface area contributed by atoms with Gasteiger partial charge in [0.05, 0.1) is 5.69 Å². The van der Waals surface area contributed by atoms with Crippen LogP contribution in [-0.4, -0.2) is 24.4 Å². The van der Waals surface area contributed by atoms with E-state index in [0.717, 1.165) is 16.6 Å². The topological polar surface area (TPSA) is 46.3 Å². The molecule has 0 bridgehead atoms. The van der Waals surface area contributed by atoms with Gasteiger partial charge in [0.1, 0.15) is 4.88 Å². The summed E-state index contributed by atoms with van der Waals surface area (Å²) < 4.78 is 1.10. The molecular formula is C15H18N2OS. The summed E-state index contributed by atoms with van der Waals surface area (Å²) in [6.45, 7) is 2.90. The fraction of sp³-hybridized carbons (Fsp3) is 0.400. The predicted molar refractivity (Wildman–Crippen MR) is 80.7 cm³/mol. The number of amides is 1. The normalized spacial score (nSPS) is 14.8. The molecule has 3 nitrogen and oxygen atoms in total. The third-order valence-electron chi connectivity index (χ3n) is 3.65. The molecule has 0 aliphatic heterocycles. The van der Waals surface area contributed by atoms with Gasteiger partial charge in [-0.25, -0.2) is 0 Å². The zero-order valence-corrected chi connectivity index (χ0v) is 12.1. The summed E-state index contributed by atoms with van der Waals surface area (Å²) >= 11 is 1.51. The number of aryl methyl sites for hydroxylation is 1. The number of carbonyl (C=O) groups excluding carboxylic acids is 1. The second-order valence-electron chi connectivity index (χ2n) is 5.47. The maximum atomic E-state index is 12.4. The van der Waals surface area contributed by atoms with Crippen molar-refractivity contribution >= 4 is 33.0 Å². The van der Waals surface area contributed by atoms with Gasteiger partial charge in [0.25, 0.3) is 5.91 Å². The molecule has 1 amide bonds. The van der Waals surface area contributed by atoms with Crippen LogP contribution >= 0.6 is 11.3 Å². The Balaban J connectivity index is 1.94.